The van der Waals surface area contributed by atoms with Crippen molar-refractivity contribution in [2.45, 2.75) is 224 Å². The second-order valence-corrected chi connectivity index (χ2v) is 20.7. The number of carbonyl (C=O) groups is 2. The Labute approximate surface area is 402 Å². The summed E-state index contributed by atoms with van der Waals surface area (Å²) < 4.78 is 56.6. The molecule has 1 aromatic heterocycles. The zero-order valence-corrected chi connectivity index (χ0v) is 42.2. The summed E-state index contributed by atoms with van der Waals surface area (Å²) in [4.78, 5) is 61.8. The maximum absolute atomic E-state index is 12.9. The first kappa shape index (κ1) is 61.5. The number of phosphoric ester groups is 2. The van der Waals surface area contributed by atoms with Gasteiger partial charge in [0.15, 0.2) is 12.3 Å². The molecule has 1 saturated heterocycles. The minimum absolute atomic E-state index is 0.0452. The third-order valence-electron chi connectivity index (χ3n) is 11.6. The van der Waals surface area contributed by atoms with Crippen molar-refractivity contribution in [1.29, 1.82) is 0 Å². The molecule has 1 fully saturated rings. The molecule has 1 aromatic rings. The minimum atomic E-state index is -5.45. The lowest BCUT2D eigenvalue weighted by molar-refractivity contribution is -0.161. The predicted octanol–water partition coefficient (Wildman–Crippen LogP) is 7.61. The summed E-state index contributed by atoms with van der Waals surface area (Å²) in [7, 11) is -10.9. The number of aliphatic hydroxyl groups excluding tert-OH is 4. The molecule has 8 N–H and O–H groups in total. The third-order valence-corrected chi connectivity index (χ3v) is 14.2. The Kier molecular flexibility index (Phi) is 32.1. The van der Waals surface area contributed by atoms with Gasteiger partial charge in [-0.3, -0.25) is 23.2 Å². The van der Waals surface area contributed by atoms with Crippen LogP contribution >= 0.6 is 15.6 Å². The number of aliphatic hydroxyl groups is 4. The van der Waals surface area contributed by atoms with Crippen molar-refractivity contribution in [2.24, 2.45) is 0 Å². The molecular weight excluding hydrogens is 928 g/mol. The van der Waals surface area contributed by atoms with Crippen LogP contribution in [0.25, 0.3) is 0 Å². The molecule has 0 bridgehead atoms. The molecule has 2 rings (SSSR count). The molecule has 0 amide bonds. The van der Waals surface area contributed by atoms with Crippen molar-refractivity contribution in [1.82, 2.24) is 9.55 Å². The average molecular weight is 1010 g/mol. The topological polar surface area (TPSA) is 306 Å². The van der Waals surface area contributed by atoms with Crippen LogP contribution in [-0.2, 0) is 46.3 Å². The first-order valence-electron chi connectivity index (χ1n) is 24.9. The summed E-state index contributed by atoms with van der Waals surface area (Å²) in [6.07, 6.45) is 18.8. The van der Waals surface area contributed by atoms with Crippen molar-refractivity contribution < 1.29 is 76.5 Å². The molecule has 9 atom stereocenters. The second-order valence-electron chi connectivity index (χ2n) is 17.6. The molecule has 22 heteroatoms. The molecule has 2 unspecified atom stereocenters. The summed E-state index contributed by atoms with van der Waals surface area (Å²) in [5.74, 6) is -1.41. The molecule has 394 valence electrons. The van der Waals surface area contributed by atoms with Gasteiger partial charge in [-0.25, -0.2) is 13.9 Å². The number of rotatable bonds is 41. The van der Waals surface area contributed by atoms with Crippen LogP contribution < -0.4 is 11.4 Å². The third kappa shape index (κ3) is 27.7. The van der Waals surface area contributed by atoms with Crippen molar-refractivity contribution >= 4 is 33.4 Å². The number of hydrogen-bond donors (Lipinski definition) is 7. The van der Waals surface area contributed by atoms with E-state index in [2.05, 4.69) is 23.1 Å². The predicted molar refractivity (Wildman–Crippen MR) is 255 cm³/mol. The van der Waals surface area contributed by atoms with Crippen LogP contribution in [0, 0.1) is 0 Å². The van der Waals surface area contributed by atoms with E-state index in [-0.39, 0.29) is 18.7 Å². The maximum atomic E-state index is 12.9. The number of ether oxygens (including phenoxy) is 3. The van der Waals surface area contributed by atoms with Gasteiger partial charge >= 0.3 is 33.3 Å². The van der Waals surface area contributed by atoms with E-state index in [0.29, 0.717) is 38.5 Å². The smallest absolute Gasteiger partial charge is 0.462 e. The molecule has 0 aromatic carbocycles. The fraction of sp³-hybridized carbons (Fsp3) is 0.826. The lowest BCUT2D eigenvalue weighted by Crippen LogP contribution is -2.36. The standard InChI is InChI=1S/C46H83N3O17P2/c1-3-5-7-9-11-12-13-14-15-16-17-21-25-29-41(52)61-33-36(64-42(53)30-26-22-18-20-24-28-38(51)37(50)27-23-19-10-8-6-4-2)34-62-67(57,58)66-68(59,60)63-35-39-43(54)44(55)45(65-39)49-32-31-40(47)48-46(49)56/h19,23,31-32,36-39,43-45,50-51,54-55H,3-18,20-22,24-30,33-35H2,1-2H3,(H,57,58)(H,59,60)(H2,47,48,56)/b23-19-/t36-,37+,38+,39-,43-,44-,45-/m1/s1. The van der Waals surface area contributed by atoms with Crippen molar-refractivity contribution in [3.05, 3.63) is 34.9 Å². The molecule has 0 spiro atoms. The number of hydrogen-bond acceptors (Lipinski definition) is 17. The van der Waals surface area contributed by atoms with E-state index in [9.17, 15) is 53.7 Å². The number of unbranched alkanes of at least 4 members (excludes halogenated alkanes) is 19. The number of carbonyl (C=O) groups excluding carboxylic acids is 2. The SMILES string of the molecule is CCCCC/C=C\C[C@H](O)[C@@H](O)CCCCCCCC(=O)O[C@H](COC(=O)CCCCCCCCCCCCCCC)COP(=O)(O)OP(=O)(O)OC[C@H]1O[C@@H](n2ccc(N)nc2=O)[C@H](O)[C@@H]1O. The minimum Gasteiger partial charge on any atom is -0.462 e. The van der Waals surface area contributed by atoms with Gasteiger partial charge in [-0.1, -0.05) is 142 Å². The Balaban J connectivity index is 1.84. The number of nitrogens with two attached hydrogens (primary N) is 1. The number of anilines is 1. The first-order chi connectivity index (χ1) is 32.5. The fourth-order valence-corrected chi connectivity index (χ4v) is 9.62. The summed E-state index contributed by atoms with van der Waals surface area (Å²) in [6.45, 7) is 1.95. The summed E-state index contributed by atoms with van der Waals surface area (Å²) in [5, 5.41) is 41.4. The largest absolute Gasteiger partial charge is 0.481 e. The van der Waals surface area contributed by atoms with Crippen molar-refractivity contribution in [2.75, 3.05) is 25.6 Å². The Bertz CT molecular complexity index is 1720. The highest BCUT2D eigenvalue weighted by atomic mass is 31.3. The van der Waals surface area contributed by atoms with Gasteiger partial charge in [0, 0.05) is 19.0 Å². The van der Waals surface area contributed by atoms with Gasteiger partial charge in [0.1, 0.15) is 30.7 Å². The van der Waals surface area contributed by atoms with E-state index < -0.39 is 95.9 Å². The maximum Gasteiger partial charge on any atom is 0.481 e. The van der Waals surface area contributed by atoms with E-state index >= 15 is 0 Å². The van der Waals surface area contributed by atoms with Gasteiger partial charge in [0.2, 0.25) is 0 Å². The Morgan fingerprint density at radius 1 is 0.750 bits per heavy atom. The zero-order valence-electron chi connectivity index (χ0n) is 40.4. The summed E-state index contributed by atoms with van der Waals surface area (Å²) in [6, 6.07) is 1.24. The van der Waals surface area contributed by atoms with Gasteiger partial charge in [-0.2, -0.15) is 9.29 Å². The number of phosphoric acid groups is 2. The lowest BCUT2D eigenvalue weighted by Gasteiger charge is -2.21. The van der Waals surface area contributed by atoms with Crippen LogP contribution in [0.5, 0.6) is 0 Å². The molecule has 2 heterocycles. The van der Waals surface area contributed by atoms with Crippen LogP contribution in [0.1, 0.15) is 187 Å². The second kappa shape index (κ2) is 35.5. The highest BCUT2D eigenvalue weighted by molar-refractivity contribution is 7.61. The molecular formula is C46H83N3O17P2. The van der Waals surface area contributed by atoms with E-state index in [1.165, 1.54) is 57.4 Å². The number of aromatic nitrogens is 2. The molecule has 20 nitrogen and oxygen atoms in total. The number of allylic oxidation sites excluding steroid dienone is 1. The Morgan fingerprint density at radius 2 is 1.29 bits per heavy atom. The molecule has 68 heavy (non-hydrogen) atoms. The monoisotopic (exact) mass is 1010 g/mol. The van der Waals surface area contributed by atoms with Crippen LogP contribution in [0.3, 0.4) is 0 Å². The lowest BCUT2D eigenvalue weighted by atomic mass is 10.0. The quantitative estimate of drug-likeness (QED) is 0.0144. The summed E-state index contributed by atoms with van der Waals surface area (Å²) >= 11 is 0. The molecule has 0 saturated carbocycles. The molecule has 1 aliphatic heterocycles. The van der Waals surface area contributed by atoms with Gasteiger partial charge < -0.3 is 50.2 Å². The Hall–Kier alpha value is -2.58. The summed E-state index contributed by atoms with van der Waals surface area (Å²) in [5.41, 5.74) is 4.57. The molecule has 0 aliphatic carbocycles. The van der Waals surface area contributed by atoms with E-state index in [1.807, 2.05) is 12.2 Å². The van der Waals surface area contributed by atoms with Crippen LogP contribution in [0.15, 0.2) is 29.2 Å². The fourth-order valence-electron chi connectivity index (χ4n) is 7.51. The highest BCUT2D eigenvalue weighted by Crippen LogP contribution is 2.60. The first-order valence-corrected chi connectivity index (χ1v) is 27.9. The zero-order chi connectivity index (χ0) is 50.2. The van der Waals surface area contributed by atoms with Gasteiger partial charge in [0.05, 0.1) is 25.4 Å². The van der Waals surface area contributed by atoms with Crippen LogP contribution in [0.4, 0.5) is 5.82 Å². The van der Waals surface area contributed by atoms with Gasteiger partial charge in [-0.15, -0.1) is 0 Å². The average Bonchev–Trinajstić information content (AvgIpc) is 3.57. The number of esters is 2. The van der Waals surface area contributed by atoms with Crippen LogP contribution in [0.2, 0.25) is 0 Å². The van der Waals surface area contributed by atoms with E-state index in [4.69, 9.17) is 29.0 Å². The normalized spacial score (nSPS) is 20.5. The van der Waals surface area contributed by atoms with E-state index in [1.54, 1.807) is 0 Å². The van der Waals surface area contributed by atoms with Gasteiger partial charge in [0.25, 0.3) is 0 Å². The molecule has 1 aliphatic rings. The Morgan fingerprint density at radius 3 is 1.90 bits per heavy atom. The molecule has 0 radical (unpaired) electrons. The number of nitrogens with zero attached hydrogens (tertiary/aromatic N) is 2. The van der Waals surface area contributed by atoms with Crippen molar-refractivity contribution in [3.63, 3.8) is 0 Å². The van der Waals surface area contributed by atoms with Gasteiger partial charge in [-0.05, 0) is 44.6 Å². The van der Waals surface area contributed by atoms with Crippen molar-refractivity contribution in [3.8, 4) is 0 Å². The van der Waals surface area contributed by atoms with Crippen LogP contribution in [-0.4, -0.2) is 108 Å². The number of nitrogen functional groups attached to an aromatic ring is 1. The highest BCUT2D eigenvalue weighted by Gasteiger charge is 2.46. The van der Waals surface area contributed by atoms with E-state index in [0.717, 1.165) is 75.0 Å².